The highest BCUT2D eigenvalue weighted by Gasteiger charge is 1.97. The summed E-state index contributed by atoms with van der Waals surface area (Å²) < 4.78 is 5.08. The summed E-state index contributed by atoms with van der Waals surface area (Å²) in [5.74, 6) is 0.103. The summed E-state index contributed by atoms with van der Waals surface area (Å²) in [6.45, 7) is 4.22. The van der Waals surface area contributed by atoms with Crippen molar-refractivity contribution in [2.75, 3.05) is 6.61 Å². The van der Waals surface area contributed by atoms with Gasteiger partial charge in [-0.25, -0.2) is 0 Å². The van der Waals surface area contributed by atoms with Gasteiger partial charge in [0.2, 0.25) is 0 Å². The summed E-state index contributed by atoms with van der Waals surface area (Å²) in [6, 6.07) is 7.64. The lowest BCUT2D eigenvalue weighted by molar-refractivity contribution is 0.101. The van der Waals surface area contributed by atoms with E-state index in [0.29, 0.717) is 6.61 Å². The van der Waals surface area contributed by atoms with E-state index in [4.69, 9.17) is 4.74 Å². The van der Waals surface area contributed by atoms with Crippen LogP contribution in [0, 0.1) is 0 Å². The minimum Gasteiger partial charge on any atom is -0.502 e. The Hall–Kier alpha value is -1.57. The number of hydrogen-bond donors (Lipinski definition) is 0. The lowest BCUT2D eigenvalue weighted by Gasteiger charge is -1.98. The number of Topliss-reactive ketones (excluding diaryl/α,β-unsaturated/α-hetero) is 1. The molecule has 0 radical (unpaired) electrons. The molecule has 0 aliphatic rings. The van der Waals surface area contributed by atoms with Gasteiger partial charge in [-0.05, 0) is 31.9 Å². The molecule has 2 heteroatoms. The highest BCUT2D eigenvalue weighted by Crippen LogP contribution is 2.06. The minimum atomic E-state index is 0.103. The van der Waals surface area contributed by atoms with Crippen LogP contribution in [0.25, 0.3) is 0 Å². The first kappa shape index (κ1) is 11.5. The molecule has 80 valence electrons. The molecule has 2 nitrogen and oxygen atoms in total. The van der Waals surface area contributed by atoms with E-state index in [0.717, 1.165) is 12.0 Å². The Morgan fingerprint density at radius 3 is 2.53 bits per heavy atom. The first-order chi connectivity index (χ1) is 7.24. The van der Waals surface area contributed by atoms with E-state index in [1.807, 2.05) is 37.3 Å². The fraction of sp³-hybridized carbons (Fsp3) is 0.308. The molecule has 1 rings (SSSR count). The van der Waals surface area contributed by atoms with E-state index in [1.165, 1.54) is 5.56 Å². The van der Waals surface area contributed by atoms with Crippen LogP contribution in [-0.2, 0) is 11.2 Å². The van der Waals surface area contributed by atoms with Gasteiger partial charge in [0.05, 0.1) is 12.9 Å². The number of ether oxygens (including phenoxy) is 1. The second-order valence-corrected chi connectivity index (χ2v) is 3.28. The molecule has 0 aromatic heterocycles. The fourth-order valence-electron chi connectivity index (χ4n) is 1.22. The lowest BCUT2D eigenvalue weighted by atomic mass is 10.1. The van der Waals surface area contributed by atoms with Crippen molar-refractivity contribution in [3.8, 4) is 0 Å². The third-order valence-corrected chi connectivity index (χ3v) is 2.07. The van der Waals surface area contributed by atoms with Gasteiger partial charge in [0, 0.05) is 5.56 Å². The van der Waals surface area contributed by atoms with Crippen molar-refractivity contribution >= 4 is 5.78 Å². The molecule has 0 heterocycles. The van der Waals surface area contributed by atoms with E-state index < -0.39 is 0 Å². The smallest absolute Gasteiger partial charge is 0.159 e. The van der Waals surface area contributed by atoms with Gasteiger partial charge in [0.15, 0.2) is 5.78 Å². The number of allylic oxidation sites excluding steroid dienone is 1. The maximum Gasteiger partial charge on any atom is 0.159 e. The van der Waals surface area contributed by atoms with Gasteiger partial charge < -0.3 is 4.74 Å². The predicted molar refractivity (Wildman–Crippen MR) is 60.9 cm³/mol. The van der Waals surface area contributed by atoms with Crippen molar-refractivity contribution in [1.29, 1.82) is 0 Å². The van der Waals surface area contributed by atoms with Crippen LogP contribution in [0.5, 0.6) is 0 Å². The van der Waals surface area contributed by atoms with Crippen LogP contribution in [0.2, 0.25) is 0 Å². The molecule has 0 fully saturated rings. The van der Waals surface area contributed by atoms with Crippen LogP contribution in [0.1, 0.15) is 29.8 Å². The Labute approximate surface area is 90.6 Å². The first-order valence-electron chi connectivity index (χ1n) is 5.10. The van der Waals surface area contributed by atoms with Crippen LogP contribution < -0.4 is 0 Å². The topological polar surface area (TPSA) is 26.3 Å². The van der Waals surface area contributed by atoms with Crippen LogP contribution in [0.15, 0.2) is 36.6 Å². The number of hydrogen-bond acceptors (Lipinski definition) is 2. The highest BCUT2D eigenvalue weighted by atomic mass is 16.5. The summed E-state index contributed by atoms with van der Waals surface area (Å²) in [6.07, 6.45) is 4.50. The Morgan fingerprint density at radius 2 is 2.00 bits per heavy atom. The van der Waals surface area contributed by atoms with Gasteiger partial charge in [0.1, 0.15) is 0 Å². The van der Waals surface area contributed by atoms with Crippen LogP contribution >= 0.6 is 0 Å². The molecule has 0 bridgehead atoms. The number of rotatable bonds is 5. The van der Waals surface area contributed by atoms with Gasteiger partial charge in [-0.2, -0.15) is 0 Å². The number of carbonyl (C=O) groups is 1. The quantitative estimate of drug-likeness (QED) is 0.544. The molecular formula is C13H16O2. The van der Waals surface area contributed by atoms with E-state index in [2.05, 4.69) is 0 Å². The monoisotopic (exact) mass is 204 g/mol. The summed E-state index contributed by atoms with van der Waals surface area (Å²) in [5, 5.41) is 0. The molecule has 0 saturated carbocycles. The molecule has 1 aromatic carbocycles. The van der Waals surface area contributed by atoms with E-state index >= 15 is 0 Å². The number of carbonyl (C=O) groups excluding carboxylic acids is 1. The maximum atomic E-state index is 11.0. The average Bonchev–Trinajstić information content (AvgIpc) is 2.25. The van der Waals surface area contributed by atoms with Gasteiger partial charge in [-0.1, -0.05) is 24.3 Å². The first-order valence-corrected chi connectivity index (χ1v) is 5.10. The normalized spacial score (nSPS) is 10.5. The zero-order chi connectivity index (χ0) is 11.1. The summed E-state index contributed by atoms with van der Waals surface area (Å²) in [5.41, 5.74) is 1.93. The maximum absolute atomic E-state index is 11.0. The lowest BCUT2D eigenvalue weighted by Crippen LogP contribution is -1.91. The predicted octanol–water partition coefficient (Wildman–Crippen LogP) is 2.98. The van der Waals surface area contributed by atoms with Crippen molar-refractivity contribution in [3.05, 3.63) is 47.7 Å². The van der Waals surface area contributed by atoms with Crippen molar-refractivity contribution in [3.63, 3.8) is 0 Å². The second kappa shape index (κ2) is 6.02. The van der Waals surface area contributed by atoms with Crippen LogP contribution in [0.3, 0.4) is 0 Å². The minimum absolute atomic E-state index is 0.103. The van der Waals surface area contributed by atoms with Gasteiger partial charge in [0.25, 0.3) is 0 Å². The molecule has 0 aliphatic heterocycles. The molecule has 0 unspecified atom stereocenters. The van der Waals surface area contributed by atoms with Gasteiger partial charge in [-0.3, -0.25) is 4.79 Å². The molecule has 15 heavy (non-hydrogen) atoms. The van der Waals surface area contributed by atoms with Crippen molar-refractivity contribution in [2.24, 2.45) is 0 Å². The third-order valence-electron chi connectivity index (χ3n) is 2.07. The van der Waals surface area contributed by atoms with E-state index in [9.17, 15) is 4.79 Å². The Morgan fingerprint density at radius 1 is 1.33 bits per heavy atom. The molecule has 0 amide bonds. The number of benzene rings is 1. The zero-order valence-corrected chi connectivity index (χ0v) is 9.19. The SMILES string of the molecule is CCO/C=C/Cc1ccc(C(C)=O)cc1. The molecule has 0 atom stereocenters. The summed E-state index contributed by atoms with van der Waals surface area (Å²) >= 11 is 0. The fourth-order valence-corrected chi connectivity index (χ4v) is 1.22. The standard InChI is InChI=1S/C13H16O2/c1-3-15-10-4-5-12-6-8-13(9-7-12)11(2)14/h4,6-10H,3,5H2,1-2H3/b10-4+. The number of ketones is 1. The molecule has 0 saturated heterocycles. The third kappa shape index (κ3) is 3.98. The average molecular weight is 204 g/mol. The Balaban J connectivity index is 2.53. The largest absolute Gasteiger partial charge is 0.502 e. The second-order valence-electron chi connectivity index (χ2n) is 3.28. The van der Waals surface area contributed by atoms with E-state index in [-0.39, 0.29) is 5.78 Å². The highest BCUT2D eigenvalue weighted by molar-refractivity contribution is 5.93. The Bertz CT molecular complexity index is 336. The molecule has 0 N–H and O–H groups in total. The van der Waals surface area contributed by atoms with Crippen molar-refractivity contribution in [2.45, 2.75) is 20.3 Å². The molecule has 1 aromatic rings. The van der Waals surface area contributed by atoms with Crippen LogP contribution in [-0.4, -0.2) is 12.4 Å². The van der Waals surface area contributed by atoms with Gasteiger partial charge in [-0.15, -0.1) is 0 Å². The zero-order valence-electron chi connectivity index (χ0n) is 9.19. The Kier molecular flexibility index (Phi) is 4.61. The molecule has 0 spiro atoms. The molecular weight excluding hydrogens is 188 g/mol. The summed E-state index contributed by atoms with van der Waals surface area (Å²) in [7, 11) is 0. The summed E-state index contributed by atoms with van der Waals surface area (Å²) in [4.78, 5) is 11.0. The van der Waals surface area contributed by atoms with Crippen molar-refractivity contribution in [1.82, 2.24) is 0 Å². The van der Waals surface area contributed by atoms with Crippen LogP contribution in [0.4, 0.5) is 0 Å². The molecule has 0 aliphatic carbocycles. The van der Waals surface area contributed by atoms with Crippen molar-refractivity contribution < 1.29 is 9.53 Å². The van der Waals surface area contributed by atoms with Gasteiger partial charge >= 0.3 is 0 Å². The van der Waals surface area contributed by atoms with E-state index in [1.54, 1.807) is 13.2 Å².